The van der Waals surface area contributed by atoms with E-state index in [4.69, 9.17) is 0 Å². The number of carbonyl (C=O) groups excluding carboxylic acids is 2. The predicted octanol–water partition coefficient (Wildman–Crippen LogP) is 4.97. The predicted molar refractivity (Wildman–Crippen MR) is 127 cm³/mol. The van der Waals surface area contributed by atoms with Gasteiger partial charge in [0.1, 0.15) is 5.70 Å². The molecule has 0 saturated carbocycles. The zero-order valence-electron chi connectivity index (χ0n) is 17.8. The largest absolute Gasteiger partial charge is 0.317 e. The highest BCUT2D eigenvalue weighted by atomic mass is 32.1. The van der Waals surface area contributed by atoms with Crippen LogP contribution >= 0.6 is 11.3 Å². The molecule has 5 nitrogen and oxygen atoms in total. The van der Waals surface area contributed by atoms with Crippen molar-refractivity contribution in [2.75, 3.05) is 0 Å². The van der Waals surface area contributed by atoms with Gasteiger partial charge in [-0.25, -0.2) is 5.43 Å². The Bertz CT molecular complexity index is 1080. The second-order valence-electron chi connectivity index (χ2n) is 7.96. The van der Waals surface area contributed by atoms with Crippen LogP contribution in [-0.2, 0) is 10.2 Å². The Balaban J connectivity index is 1.71. The van der Waals surface area contributed by atoms with Gasteiger partial charge in [-0.3, -0.25) is 9.59 Å². The van der Waals surface area contributed by atoms with Gasteiger partial charge in [-0.1, -0.05) is 69.3 Å². The van der Waals surface area contributed by atoms with Gasteiger partial charge in [0.25, 0.3) is 11.8 Å². The van der Waals surface area contributed by atoms with Crippen LogP contribution in [-0.4, -0.2) is 18.0 Å². The Morgan fingerprint density at radius 1 is 0.935 bits per heavy atom. The summed E-state index contributed by atoms with van der Waals surface area (Å²) in [5.74, 6) is -0.861. The Morgan fingerprint density at radius 2 is 1.65 bits per heavy atom. The van der Waals surface area contributed by atoms with Crippen molar-refractivity contribution in [2.24, 2.45) is 5.10 Å². The van der Waals surface area contributed by atoms with Gasteiger partial charge < -0.3 is 5.32 Å². The third-order valence-electron chi connectivity index (χ3n) is 4.52. The molecule has 3 aromatic rings. The summed E-state index contributed by atoms with van der Waals surface area (Å²) in [4.78, 5) is 26.1. The molecular weight excluding hydrogens is 406 g/mol. The van der Waals surface area contributed by atoms with Gasteiger partial charge in [-0.2, -0.15) is 5.10 Å². The van der Waals surface area contributed by atoms with Crippen molar-refractivity contribution in [1.82, 2.24) is 10.7 Å². The highest BCUT2D eigenvalue weighted by molar-refractivity contribution is 7.10. The first-order valence-corrected chi connectivity index (χ1v) is 10.8. The molecule has 2 amide bonds. The number of nitrogens with one attached hydrogen (secondary N) is 2. The molecule has 0 unspecified atom stereocenters. The molecule has 0 radical (unpaired) electrons. The summed E-state index contributed by atoms with van der Waals surface area (Å²) >= 11 is 1.47. The van der Waals surface area contributed by atoms with E-state index in [0.717, 1.165) is 10.4 Å². The fourth-order valence-electron chi connectivity index (χ4n) is 2.75. The molecule has 0 bridgehead atoms. The van der Waals surface area contributed by atoms with E-state index in [2.05, 4.69) is 36.6 Å². The number of benzene rings is 2. The van der Waals surface area contributed by atoms with Gasteiger partial charge >= 0.3 is 0 Å². The molecule has 1 aromatic heterocycles. The molecule has 6 heteroatoms. The van der Waals surface area contributed by atoms with Crippen LogP contribution in [0.3, 0.4) is 0 Å². The molecule has 3 rings (SSSR count). The minimum atomic E-state index is -0.500. The van der Waals surface area contributed by atoms with E-state index in [1.165, 1.54) is 16.9 Å². The Hall–Kier alpha value is -3.51. The number of amides is 2. The first kappa shape index (κ1) is 22.2. The van der Waals surface area contributed by atoms with Crippen LogP contribution in [0, 0.1) is 0 Å². The van der Waals surface area contributed by atoms with E-state index in [1.807, 2.05) is 47.8 Å². The van der Waals surface area contributed by atoms with Crippen LogP contribution in [0.2, 0.25) is 0 Å². The summed E-state index contributed by atoms with van der Waals surface area (Å²) in [6, 6.07) is 20.5. The van der Waals surface area contributed by atoms with Crippen molar-refractivity contribution in [2.45, 2.75) is 26.2 Å². The van der Waals surface area contributed by atoms with Gasteiger partial charge in [0, 0.05) is 10.4 Å². The number of thiophene rings is 1. The van der Waals surface area contributed by atoms with Crippen molar-refractivity contribution < 1.29 is 9.59 Å². The number of hydrogen-bond donors (Lipinski definition) is 2. The molecule has 1 heterocycles. The van der Waals surface area contributed by atoms with Crippen molar-refractivity contribution in [1.29, 1.82) is 0 Å². The van der Waals surface area contributed by atoms with Crippen molar-refractivity contribution in [3.63, 3.8) is 0 Å². The average molecular weight is 432 g/mol. The normalized spacial score (nSPS) is 12.0. The molecular formula is C25H25N3O2S. The van der Waals surface area contributed by atoms with Crippen LogP contribution in [0.4, 0.5) is 0 Å². The van der Waals surface area contributed by atoms with Crippen molar-refractivity contribution in [3.05, 3.63) is 99.4 Å². The second-order valence-corrected chi connectivity index (χ2v) is 8.94. The fourth-order valence-corrected chi connectivity index (χ4v) is 3.41. The van der Waals surface area contributed by atoms with Gasteiger partial charge in [0.05, 0.1) is 6.21 Å². The second kappa shape index (κ2) is 10.00. The summed E-state index contributed by atoms with van der Waals surface area (Å²) in [6.45, 7) is 6.46. The summed E-state index contributed by atoms with van der Waals surface area (Å²) in [7, 11) is 0. The number of hydrogen-bond acceptors (Lipinski definition) is 4. The van der Waals surface area contributed by atoms with E-state index in [9.17, 15) is 9.59 Å². The topological polar surface area (TPSA) is 70.6 Å². The molecule has 158 valence electrons. The molecule has 0 aliphatic heterocycles. The molecule has 0 aliphatic rings. The molecule has 0 spiro atoms. The summed E-state index contributed by atoms with van der Waals surface area (Å²) in [5, 5.41) is 8.64. The van der Waals surface area contributed by atoms with Gasteiger partial charge in [-0.15, -0.1) is 11.3 Å². The Morgan fingerprint density at radius 3 is 2.26 bits per heavy atom. The van der Waals surface area contributed by atoms with Crippen LogP contribution in [0.5, 0.6) is 0 Å². The van der Waals surface area contributed by atoms with E-state index in [1.54, 1.807) is 36.6 Å². The van der Waals surface area contributed by atoms with Crippen LogP contribution in [0.15, 0.2) is 82.9 Å². The molecule has 0 aliphatic carbocycles. The summed E-state index contributed by atoms with van der Waals surface area (Å²) in [6.07, 6.45) is 3.21. The average Bonchev–Trinajstić information content (AvgIpc) is 3.26. The highest BCUT2D eigenvalue weighted by Gasteiger charge is 2.15. The maximum Gasteiger partial charge on any atom is 0.287 e. The Kier molecular flexibility index (Phi) is 7.15. The van der Waals surface area contributed by atoms with Crippen molar-refractivity contribution >= 4 is 35.4 Å². The standard InChI is InChI=1S/C25H25N3O2S/c1-25(2,3)20-13-11-18(12-14-20)17-26-28-24(30)22(16-21-10-7-15-31-21)27-23(29)19-8-5-4-6-9-19/h4-17H,1-3H3,(H,27,29)(H,28,30)/b22-16+,26-17?. The fraction of sp³-hybridized carbons (Fsp3) is 0.160. The molecule has 0 saturated heterocycles. The lowest BCUT2D eigenvalue weighted by atomic mass is 9.87. The number of rotatable bonds is 6. The number of hydrazone groups is 1. The minimum Gasteiger partial charge on any atom is -0.317 e. The van der Waals surface area contributed by atoms with Crippen molar-refractivity contribution in [3.8, 4) is 0 Å². The maximum atomic E-state index is 12.7. The molecule has 2 N–H and O–H groups in total. The molecule has 2 aromatic carbocycles. The SMILES string of the molecule is CC(C)(C)c1ccc(C=NNC(=O)/C(=C\c2cccs2)NC(=O)c2ccccc2)cc1. The minimum absolute atomic E-state index is 0.0718. The number of carbonyl (C=O) groups is 2. The van der Waals surface area contributed by atoms with E-state index < -0.39 is 5.91 Å². The van der Waals surface area contributed by atoms with E-state index >= 15 is 0 Å². The van der Waals surface area contributed by atoms with Gasteiger partial charge in [-0.05, 0) is 46.2 Å². The van der Waals surface area contributed by atoms with Crippen LogP contribution in [0.25, 0.3) is 6.08 Å². The Labute approximate surface area is 186 Å². The smallest absolute Gasteiger partial charge is 0.287 e. The third kappa shape index (κ3) is 6.49. The van der Waals surface area contributed by atoms with E-state index in [-0.39, 0.29) is 17.0 Å². The number of nitrogens with zero attached hydrogens (tertiary/aromatic N) is 1. The first-order valence-electron chi connectivity index (χ1n) is 9.88. The van der Waals surface area contributed by atoms with Crippen LogP contribution < -0.4 is 10.7 Å². The quantitative estimate of drug-likeness (QED) is 0.329. The first-order chi connectivity index (χ1) is 14.8. The van der Waals surface area contributed by atoms with E-state index in [0.29, 0.717) is 5.56 Å². The third-order valence-corrected chi connectivity index (χ3v) is 5.33. The highest BCUT2D eigenvalue weighted by Crippen LogP contribution is 2.21. The molecule has 0 atom stereocenters. The molecule has 0 fully saturated rings. The zero-order valence-corrected chi connectivity index (χ0v) is 18.6. The zero-order chi connectivity index (χ0) is 22.3. The van der Waals surface area contributed by atoms with Gasteiger partial charge in [0.2, 0.25) is 0 Å². The molecule has 31 heavy (non-hydrogen) atoms. The lowest BCUT2D eigenvalue weighted by Gasteiger charge is -2.18. The summed E-state index contributed by atoms with van der Waals surface area (Å²) in [5.41, 5.74) is 5.25. The summed E-state index contributed by atoms with van der Waals surface area (Å²) < 4.78 is 0. The maximum absolute atomic E-state index is 12.7. The van der Waals surface area contributed by atoms with Gasteiger partial charge in [0.15, 0.2) is 0 Å². The lowest BCUT2D eigenvalue weighted by molar-refractivity contribution is -0.117. The monoisotopic (exact) mass is 431 g/mol. The van der Waals surface area contributed by atoms with Crippen LogP contribution in [0.1, 0.15) is 47.1 Å². The lowest BCUT2D eigenvalue weighted by Crippen LogP contribution is -2.32.